The fourth-order valence-corrected chi connectivity index (χ4v) is 2.43. The number of aryl methyl sites for hydroxylation is 2. The van der Waals surface area contributed by atoms with Gasteiger partial charge in [0.2, 0.25) is 0 Å². The highest BCUT2D eigenvalue weighted by molar-refractivity contribution is 7.80. The molecule has 0 spiro atoms. The van der Waals surface area contributed by atoms with Crippen molar-refractivity contribution in [1.82, 2.24) is 14.8 Å². The van der Waals surface area contributed by atoms with Crippen LogP contribution in [0, 0.1) is 20.8 Å². The van der Waals surface area contributed by atoms with Crippen molar-refractivity contribution in [1.29, 1.82) is 0 Å². The topological polar surface area (TPSA) is 56.7 Å². The molecule has 5 heteroatoms. The lowest BCUT2D eigenvalue weighted by Gasteiger charge is -2.08. The van der Waals surface area contributed by atoms with E-state index in [-0.39, 0.29) is 0 Å². The normalized spacial score (nSPS) is 10.7. The number of rotatable bonds is 3. The Balaban J connectivity index is 2.62. The van der Waals surface area contributed by atoms with Crippen LogP contribution in [0.15, 0.2) is 12.1 Å². The van der Waals surface area contributed by atoms with Gasteiger partial charge in [0, 0.05) is 17.0 Å². The van der Waals surface area contributed by atoms with Crippen LogP contribution in [0.5, 0.6) is 0 Å². The van der Waals surface area contributed by atoms with Crippen molar-refractivity contribution in [3.63, 3.8) is 0 Å². The molecule has 100 valence electrons. The largest absolute Gasteiger partial charge is 0.389 e. The second kappa shape index (κ2) is 5.09. The first-order valence-corrected chi connectivity index (χ1v) is 6.68. The third-order valence-electron chi connectivity index (χ3n) is 3.24. The van der Waals surface area contributed by atoms with Crippen molar-refractivity contribution >= 4 is 17.2 Å². The molecule has 2 heterocycles. The van der Waals surface area contributed by atoms with Crippen molar-refractivity contribution in [2.75, 3.05) is 0 Å². The summed E-state index contributed by atoms with van der Waals surface area (Å²) in [7, 11) is 0. The first kappa shape index (κ1) is 13.7. The van der Waals surface area contributed by atoms with E-state index in [1.165, 1.54) is 5.56 Å². The van der Waals surface area contributed by atoms with E-state index in [1.54, 1.807) is 0 Å². The molecule has 0 fully saturated rings. The van der Waals surface area contributed by atoms with Gasteiger partial charge in [-0.1, -0.05) is 19.1 Å². The van der Waals surface area contributed by atoms with Crippen LogP contribution in [0.1, 0.15) is 35.1 Å². The maximum atomic E-state index is 5.70. The van der Waals surface area contributed by atoms with Gasteiger partial charge in [0.15, 0.2) is 5.82 Å². The van der Waals surface area contributed by atoms with E-state index in [2.05, 4.69) is 23.9 Å². The first-order chi connectivity index (χ1) is 8.93. The molecule has 4 nitrogen and oxygen atoms in total. The van der Waals surface area contributed by atoms with Gasteiger partial charge < -0.3 is 5.73 Å². The third kappa shape index (κ3) is 2.51. The molecule has 19 heavy (non-hydrogen) atoms. The maximum Gasteiger partial charge on any atom is 0.154 e. The van der Waals surface area contributed by atoms with E-state index in [1.807, 2.05) is 30.7 Å². The van der Waals surface area contributed by atoms with Crippen molar-refractivity contribution in [3.8, 4) is 5.82 Å². The molecule has 0 aliphatic rings. The quantitative estimate of drug-likeness (QED) is 0.873. The highest BCUT2D eigenvalue weighted by Gasteiger charge is 2.13. The Hall–Kier alpha value is -1.75. The molecule has 0 radical (unpaired) electrons. The second-order valence-corrected chi connectivity index (χ2v) is 5.07. The Bertz CT molecular complexity index is 643. The van der Waals surface area contributed by atoms with Crippen molar-refractivity contribution in [3.05, 3.63) is 40.3 Å². The molecule has 0 unspecified atom stereocenters. The fraction of sp³-hybridized carbons (Fsp3) is 0.357. The number of nitrogens with two attached hydrogens (primary N) is 1. The Morgan fingerprint density at radius 1 is 1.32 bits per heavy atom. The lowest BCUT2D eigenvalue weighted by Crippen LogP contribution is -2.12. The van der Waals surface area contributed by atoms with E-state index >= 15 is 0 Å². The monoisotopic (exact) mass is 274 g/mol. The summed E-state index contributed by atoms with van der Waals surface area (Å²) in [6.07, 6.45) is 0.964. The molecular weight excluding hydrogens is 256 g/mol. The molecule has 0 atom stereocenters. The van der Waals surface area contributed by atoms with Gasteiger partial charge in [0.05, 0.1) is 5.69 Å². The van der Waals surface area contributed by atoms with Crippen LogP contribution < -0.4 is 5.73 Å². The van der Waals surface area contributed by atoms with Gasteiger partial charge in [0.25, 0.3) is 0 Å². The van der Waals surface area contributed by atoms with Crippen molar-refractivity contribution < 1.29 is 0 Å². The van der Waals surface area contributed by atoms with Gasteiger partial charge in [0.1, 0.15) is 4.99 Å². The molecule has 0 amide bonds. The van der Waals surface area contributed by atoms with E-state index < -0.39 is 0 Å². The minimum atomic E-state index is 0.379. The molecule has 0 aliphatic heterocycles. The molecule has 0 aromatic carbocycles. The summed E-state index contributed by atoms with van der Waals surface area (Å²) in [6.45, 7) is 8.14. The Morgan fingerprint density at radius 2 is 2.00 bits per heavy atom. The van der Waals surface area contributed by atoms with Gasteiger partial charge in [-0.25, -0.2) is 9.67 Å². The predicted molar refractivity (Wildman–Crippen MR) is 80.8 cm³/mol. The zero-order chi connectivity index (χ0) is 14.2. The van der Waals surface area contributed by atoms with Crippen LogP contribution in [0.25, 0.3) is 5.82 Å². The van der Waals surface area contributed by atoms with Crippen LogP contribution in [0.2, 0.25) is 0 Å². The van der Waals surface area contributed by atoms with Crippen LogP contribution in [-0.4, -0.2) is 19.8 Å². The highest BCUT2D eigenvalue weighted by atomic mass is 32.1. The Morgan fingerprint density at radius 3 is 2.53 bits per heavy atom. The van der Waals surface area contributed by atoms with Gasteiger partial charge in [-0.15, -0.1) is 0 Å². The predicted octanol–water partition coefficient (Wildman–Crippen LogP) is 2.39. The molecule has 0 saturated carbocycles. The molecule has 2 aromatic rings. The molecule has 0 aliphatic carbocycles. The van der Waals surface area contributed by atoms with E-state index in [0.717, 1.165) is 34.9 Å². The number of pyridine rings is 1. The van der Waals surface area contributed by atoms with Gasteiger partial charge in [-0.2, -0.15) is 5.10 Å². The van der Waals surface area contributed by atoms with Crippen LogP contribution in [0.4, 0.5) is 0 Å². The number of aromatic nitrogens is 3. The summed E-state index contributed by atoms with van der Waals surface area (Å²) in [5.74, 6) is 0.767. The van der Waals surface area contributed by atoms with Gasteiger partial charge in [-0.05, 0) is 44.9 Å². The smallest absolute Gasteiger partial charge is 0.154 e. The summed E-state index contributed by atoms with van der Waals surface area (Å²) in [5, 5.41) is 4.56. The summed E-state index contributed by atoms with van der Waals surface area (Å²) < 4.78 is 1.86. The Labute approximate surface area is 118 Å². The summed E-state index contributed by atoms with van der Waals surface area (Å²) in [6, 6.07) is 3.77. The Kier molecular flexibility index (Phi) is 3.66. The minimum Gasteiger partial charge on any atom is -0.389 e. The van der Waals surface area contributed by atoms with E-state index in [0.29, 0.717) is 4.99 Å². The lowest BCUT2D eigenvalue weighted by molar-refractivity contribution is 0.800. The number of hydrogen-bond donors (Lipinski definition) is 1. The number of hydrogen-bond acceptors (Lipinski definition) is 3. The highest BCUT2D eigenvalue weighted by Crippen LogP contribution is 2.18. The van der Waals surface area contributed by atoms with Crippen LogP contribution in [-0.2, 0) is 6.42 Å². The zero-order valence-electron chi connectivity index (χ0n) is 11.7. The molecule has 2 aromatic heterocycles. The lowest BCUT2D eigenvalue weighted by atomic mass is 10.1. The summed E-state index contributed by atoms with van der Waals surface area (Å²) >= 11 is 5.04. The van der Waals surface area contributed by atoms with E-state index in [9.17, 15) is 0 Å². The standard InChI is InChI=1S/C14H18N4S/c1-5-12-9(3)17-18(10(12)4)13-7-11(14(15)19)6-8(2)16-13/h6-7H,5H2,1-4H3,(H2,15,19). The number of nitrogens with zero attached hydrogens (tertiary/aromatic N) is 3. The van der Waals surface area contributed by atoms with Crippen LogP contribution in [0.3, 0.4) is 0 Å². The van der Waals surface area contributed by atoms with Crippen molar-refractivity contribution in [2.24, 2.45) is 5.73 Å². The number of thiocarbonyl (C=S) groups is 1. The minimum absolute atomic E-state index is 0.379. The zero-order valence-corrected chi connectivity index (χ0v) is 12.5. The molecule has 0 bridgehead atoms. The third-order valence-corrected chi connectivity index (χ3v) is 3.47. The van der Waals surface area contributed by atoms with Gasteiger partial charge >= 0.3 is 0 Å². The second-order valence-electron chi connectivity index (χ2n) is 4.63. The SMILES string of the molecule is CCc1c(C)nn(-c2cc(C(N)=S)cc(C)n2)c1C. The average molecular weight is 274 g/mol. The molecular formula is C14H18N4S. The maximum absolute atomic E-state index is 5.70. The van der Waals surface area contributed by atoms with Gasteiger partial charge in [-0.3, -0.25) is 0 Å². The van der Waals surface area contributed by atoms with Crippen LogP contribution >= 0.6 is 12.2 Å². The molecule has 2 rings (SSSR count). The average Bonchev–Trinajstić information content (AvgIpc) is 2.63. The summed E-state index contributed by atoms with van der Waals surface area (Å²) in [4.78, 5) is 4.90. The van der Waals surface area contributed by atoms with Crippen molar-refractivity contribution in [2.45, 2.75) is 34.1 Å². The molecule has 0 saturated heterocycles. The van der Waals surface area contributed by atoms with E-state index in [4.69, 9.17) is 18.0 Å². The fourth-order valence-electron chi connectivity index (χ4n) is 2.31. The molecule has 2 N–H and O–H groups in total. The first-order valence-electron chi connectivity index (χ1n) is 6.28. The summed E-state index contributed by atoms with van der Waals surface area (Å²) in [5.41, 5.74) is 10.8.